The summed E-state index contributed by atoms with van der Waals surface area (Å²) in [6.07, 6.45) is 8.76. The number of aliphatic hydroxyl groups excluding tert-OH is 1. The van der Waals surface area contributed by atoms with E-state index in [0.29, 0.717) is 19.1 Å². The molecule has 1 spiro atoms. The topological polar surface area (TPSA) is 61.1 Å². The average Bonchev–Trinajstić information content (AvgIpc) is 3.29. The standard InChI is InChI=1S/C21H30O5/c1-19-12-16(14-6-9-23-13-14)26-18(22)15(19)5-8-20(2)17(19)4-3-7-21(20)24-10-11-25-21/h6,9,13,15-18,22H,3-5,7-8,10-12H2,1-2H3/t15-,16+,17+,18?,19-,20+/m0/s1. The van der Waals surface area contributed by atoms with E-state index in [4.69, 9.17) is 18.6 Å². The molecule has 1 N–H and O–H groups in total. The lowest BCUT2D eigenvalue weighted by Gasteiger charge is -2.65. The predicted molar refractivity (Wildman–Crippen MR) is 94.1 cm³/mol. The van der Waals surface area contributed by atoms with Gasteiger partial charge in [-0.1, -0.05) is 13.8 Å². The van der Waals surface area contributed by atoms with Crippen LogP contribution in [0.4, 0.5) is 0 Å². The molecule has 2 aliphatic heterocycles. The van der Waals surface area contributed by atoms with Crippen molar-refractivity contribution in [3.63, 3.8) is 0 Å². The lowest BCUT2D eigenvalue weighted by Crippen LogP contribution is -2.64. The fourth-order valence-corrected chi connectivity index (χ4v) is 6.93. The molecule has 0 amide bonds. The summed E-state index contributed by atoms with van der Waals surface area (Å²) < 4.78 is 23.8. The molecule has 0 radical (unpaired) electrons. The normalized spacial score (nSPS) is 47.5. The molecule has 26 heavy (non-hydrogen) atoms. The summed E-state index contributed by atoms with van der Waals surface area (Å²) in [7, 11) is 0. The molecule has 1 aromatic rings. The molecule has 1 unspecified atom stereocenters. The van der Waals surface area contributed by atoms with Gasteiger partial charge in [-0.3, -0.25) is 0 Å². The van der Waals surface area contributed by atoms with Crippen LogP contribution in [0.3, 0.4) is 0 Å². The van der Waals surface area contributed by atoms with Gasteiger partial charge >= 0.3 is 0 Å². The van der Waals surface area contributed by atoms with Crippen molar-refractivity contribution in [1.29, 1.82) is 0 Å². The molecule has 6 atom stereocenters. The Morgan fingerprint density at radius 2 is 1.92 bits per heavy atom. The van der Waals surface area contributed by atoms with Crippen LogP contribution in [0.2, 0.25) is 0 Å². The number of aliphatic hydroxyl groups is 1. The molecule has 5 nitrogen and oxygen atoms in total. The first-order valence-electron chi connectivity index (χ1n) is 10.1. The minimum absolute atomic E-state index is 0.00463. The largest absolute Gasteiger partial charge is 0.472 e. The van der Waals surface area contributed by atoms with E-state index in [2.05, 4.69) is 13.8 Å². The third kappa shape index (κ3) is 2.17. The van der Waals surface area contributed by atoms with E-state index in [1.54, 1.807) is 12.5 Å². The molecule has 1 aromatic heterocycles. The van der Waals surface area contributed by atoms with Crippen molar-refractivity contribution in [1.82, 2.24) is 0 Å². The Kier molecular flexibility index (Phi) is 3.85. The van der Waals surface area contributed by atoms with Crippen LogP contribution < -0.4 is 0 Å². The maximum absolute atomic E-state index is 10.9. The van der Waals surface area contributed by atoms with Crippen molar-refractivity contribution >= 4 is 0 Å². The highest BCUT2D eigenvalue weighted by molar-refractivity contribution is 5.16. The van der Waals surface area contributed by atoms with E-state index < -0.39 is 12.1 Å². The summed E-state index contributed by atoms with van der Waals surface area (Å²) in [6.45, 7) is 6.14. The first-order chi connectivity index (χ1) is 12.5. The summed E-state index contributed by atoms with van der Waals surface area (Å²) >= 11 is 0. The van der Waals surface area contributed by atoms with Crippen molar-refractivity contribution in [3.05, 3.63) is 24.2 Å². The van der Waals surface area contributed by atoms with Gasteiger partial charge < -0.3 is 23.7 Å². The van der Waals surface area contributed by atoms with Crippen LogP contribution in [-0.4, -0.2) is 30.4 Å². The van der Waals surface area contributed by atoms with Gasteiger partial charge in [-0.2, -0.15) is 0 Å². The van der Waals surface area contributed by atoms with Crippen molar-refractivity contribution in [2.24, 2.45) is 22.7 Å². The third-order valence-electron chi connectivity index (χ3n) is 8.20. The van der Waals surface area contributed by atoms with Crippen LogP contribution in [0.1, 0.15) is 64.0 Å². The second kappa shape index (κ2) is 5.81. The van der Waals surface area contributed by atoms with Gasteiger partial charge in [0, 0.05) is 23.3 Å². The molecule has 2 saturated heterocycles. The summed E-state index contributed by atoms with van der Waals surface area (Å²) in [5.41, 5.74) is 1.01. The number of hydrogen-bond donors (Lipinski definition) is 1. The minimum atomic E-state index is -0.721. The van der Waals surface area contributed by atoms with E-state index >= 15 is 0 Å². The second-order valence-corrected chi connectivity index (χ2v) is 9.24. The van der Waals surface area contributed by atoms with Gasteiger partial charge in [0.2, 0.25) is 0 Å². The fraction of sp³-hybridized carbons (Fsp3) is 0.810. The zero-order valence-corrected chi connectivity index (χ0v) is 15.8. The van der Waals surface area contributed by atoms with Gasteiger partial charge in [0.05, 0.1) is 31.8 Å². The molecule has 144 valence electrons. The van der Waals surface area contributed by atoms with Crippen molar-refractivity contribution in [2.45, 2.75) is 70.6 Å². The molecular formula is C21H30O5. The molecule has 0 aromatic carbocycles. The lowest BCUT2D eigenvalue weighted by atomic mass is 9.44. The lowest BCUT2D eigenvalue weighted by molar-refractivity contribution is -0.331. The predicted octanol–water partition coefficient (Wildman–Crippen LogP) is 4.03. The molecule has 5 rings (SSSR count). The maximum Gasteiger partial charge on any atom is 0.174 e. The van der Waals surface area contributed by atoms with Crippen LogP contribution in [0.5, 0.6) is 0 Å². The van der Waals surface area contributed by atoms with Crippen LogP contribution >= 0.6 is 0 Å². The summed E-state index contributed by atoms with van der Waals surface area (Å²) in [5.74, 6) is 0.187. The molecule has 2 aliphatic carbocycles. The molecule has 4 fully saturated rings. The SMILES string of the molecule is C[C@]12C[C@H](c3ccoc3)OC(O)[C@@H]1CC[C@]1(C)[C@@H]2CCCC12OCCO2. The zero-order chi connectivity index (χ0) is 18.0. The highest BCUT2D eigenvalue weighted by Crippen LogP contribution is 2.68. The Hall–Kier alpha value is -0.880. The Bertz CT molecular complexity index is 651. The number of rotatable bonds is 1. The zero-order valence-electron chi connectivity index (χ0n) is 15.8. The molecule has 3 heterocycles. The smallest absolute Gasteiger partial charge is 0.174 e. The number of ether oxygens (including phenoxy) is 3. The molecule has 5 heteroatoms. The first kappa shape index (κ1) is 17.2. The quantitative estimate of drug-likeness (QED) is 0.817. The van der Waals surface area contributed by atoms with Crippen molar-refractivity contribution < 1.29 is 23.7 Å². The Labute approximate surface area is 155 Å². The van der Waals surface area contributed by atoms with Gasteiger partial charge in [0.25, 0.3) is 0 Å². The molecule has 0 bridgehead atoms. The summed E-state index contributed by atoms with van der Waals surface area (Å²) in [5, 5.41) is 10.9. The fourth-order valence-electron chi connectivity index (χ4n) is 6.93. The second-order valence-electron chi connectivity index (χ2n) is 9.24. The van der Waals surface area contributed by atoms with Crippen molar-refractivity contribution in [3.8, 4) is 0 Å². The summed E-state index contributed by atoms with van der Waals surface area (Å²) in [4.78, 5) is 0. The van der Waals surface area contributed by atoms with Gasteiger partial charge in [0.1, 0.15) is 0 Å². The van der Waals surface area contributed by atoms with Gasteiger partial charge in [0.15, 0.2) is 12.1 Å². The molecular weight excluding hydrogens is 332 g/mol. The van der Waals surface area contributed by atoms with E-state index in [9.17, 15) is 5.11 Å². The maximum atomic E-state index is 10.9. The Morgan fingerprint density at radius 1 is 1.12 bits per heavy atom. The Balaban J connectivity index is 1.53. The Morgan fingerprint density at radius 3 is 2.65 bits per heavy atom. The van der Waals surface area contributed by atoms with E-state index in [1.165, 1.54) is 6.42 Å². The average molecular weight is 362 g/mol. The minimum Gasteiger partial charge on any atom is -0.472 e. The van der Waals surface area contributed by atoms with Crippen LogP contribution in [0.25, 0.3) is 0 Å². The highest BCUT2D eigenvalue weighted by atomic mass is 16.7. The monoisotopic (exact) mass is 362 g/mol. The van der Waals surface area contributed by atoms with Gasteiger partial charge in [-0.15, -0.1) is 0 Å². The van der Waals surface area contributed by atoms with Gasteiger partial charge in [-0.05, 0) is 49.5 Å². The van der Waals surface area contributed by atoms with E-state index in [1.807, 2.05) is 6.07 Å². The molecule has 2 saturated carbocycles. The summed E-state index contributed by atoms with van der Waals surface area (Å²) in [6, 6.07) is 1.95. The first-order valence-corrected chi connectivity index (χ1v) is 10.1. The number of fused-ring (bicyclic) bond motifs is 4. The number of hydrogen-bond acceptors (Lipinski definition) is 5. The van der Waals surface area contributed by atoms with Crippen molar-refractivity contribution in [2.75, 3.05) is 13.2 Å². The van der Waals surface area contributed by atoms with Crippen LogP contribution in [0, 0.1) is 22.7 Å². The van der Waals surface area contributed by atoms with Gasteiger partial charge in [-0.25, -0.2) is 0 Å². The third-order valence-corrected chi connectivity index (χ3v) is 8.20. The van der Waals surface area contributed by atoms with E-state index in [-0.39, 0.29) is 22.9 Å². The van der Waals surface area contributed by atoms with E-state index in [0.717, 1.165) is 37.7 Å². The highest BCUT2D eigenvalue weighted by Gasteiger charge is 2.67. The molecule has 4 aliphatic rings. The number of furan rings is 1. The van der Waals surface area contributed by atoms with Crippen LogP contribution in [-0.2, 0) is 14.2 Å². The van der Waals surface area contributed by atoms with Crippen LogP contribution in [0.15, 0.2) is 23.0 Å².